The maximum Gasteiger partial charge on any atom is 0.138 e. The van der Waals surface area contributed by atoms with Gasteiger partial charge in [-0.2, -0.15) is 5.26 Å². The number of thioether (sulfide) groups is 1. The Morgan fingerprint density at radius 2 is 2.75 bits per heavy atom. The third-order valence-corrected chi connectivity index (χ3v) is 1.72. The zero-order chi connectivity index (χ0) is 5.82. The first kappa shape index (κ1) is 5.64. The quantitative estimate of drug-likeness (QED) is 0.486. The van der Waals surface area contributed by atoms with Crippen molar-refractivity contribution in [2.45, 2.75) is 12.5 Å². The molecule has 0 amide bonds. The molecule has 1 unspecified atom stereocenters. The lowest BCUT2D eigenvalue weighted by Gasteiger charge is -2.05. The monoisotopic (exact) mass is 126 g/mol. The second kappa shape index (κ2) is 2.73. The summed E-state index contributed by atoms with van der Waals surface area (Å²) in [5, 5.41) is 8.32. The number of hydrogen-bond donors (Lipinski definition) is 0. The molecule has 0 N–H and O–H groups in total. The molecule has 0 aromatic rings. The smallest absolute Gasteiger partial charge is 0.138 e. The molecule has 1 aliphatic rings. The van der Waals surface area contributed by atoms with Crippen molar-refractivity contribution in [1.29, 1.82) is 5.26 Å². The van der Waals surface area contributed by atoms with Gasteiger partial charge in [0.15, 0.2) is 0 Å². The number of nitriles is 1. The molecular formula is C5H6N2S. The van der Waals surface area contributed by atoms with E-state index in [1.165, 1.54) is 0 Å². The molecule has 0 aromatic heterocycles. The van der Waals surface area contributed by atoms with Crippen molar-refractivity contribution >= 4 is 17.3 Å². The van der Waals surface area contributed by atoms with Gasteiger partial charge < -0.3 is 0 Å². The molecule has 0 bridgehead atoms. The van der Waals surface area contributed by atoms with Crippen LogP contribution >= 0.6 is 11.8 Å². The Kier molecular flexibility index (Phi) is 1.93. The number of rotatable bonds is 0. The van der Waals surface area contributed by atoms with Crippen LogP contribution in [-0.4, -0.2) is 17.3 Å². The first-order valence-corrected chi connectivity index (χ1v) is 3.51. The van der Waals surface area contributed by atoms with Gasteiger partial charge in [-0.3, -0.25) is 4.99 Å². The normalized spacial score (nSPS) is 27.1. The van der Waals surface area contributed by atoms with Gasteiger partial charge in [0.2, 0.25) is 0 Å². The van der Waals surface area contributed by atoms with Gasteiger partial charge in [-0.25, -0.2) is 0 Å². The minimum atomic E-state index is -0.0590. The van der Waals surface area contributed by atoms with Crippen LogP contribution in [0.3, 0.4) is 0 Å². The second-order valence-electron chi connectivity index (χ2n) is 1.56. The van der Waals surface area contributed by atoms with Crippen molar-refractivity contribution in [3.63, 3.8) is 0 Å². The van der Waals surface area contributed by atoms with Crippen molar-refractivity contribution in [2.24, 2.45) is 4.99 Å². The Hall–Kier alpha value is -0.490. The van der Waals surface area contributed by atoms with Gasteiger partial charge in [0, 0.05) is 5.75 Å². The Morgan fingerprint density at radius 1 is 1.88 bits per heavy atom. The van der Waals surface area contributed by atoms with E-state index in [0.717, 1.165) is 12.2 Å². The predicted molar refractivity (Wildman–Crippen MR) is 35.0 cm³/mol. The molecule has 1 rings (SSSR count). The summed E-state index contributed by atoms with van der Waals surface area (Å²) in [5.74, 6) is 1.04. The number of aliphatic imine (C=N–C) groups is 1. The van der Waals surface area contributed by atoms with E-state index in [-0.39, 0.29) is 6.04 Å². The van der Waals surface area contributed by atoms with Gasteiger partial charge in [-0.1, -0.05) is 0 Å². The largest absolute Gasteiger partial charge is 0.268 e. The predicted octanol–water partition coefficient (Wildman–Crippen LogP) is 1.04. The van der Waals surface area contributed by atoms with E-state index in [1.54, 1.807) is 17.3 Å². The lowest BCUT2D eigenvalue weighted by Crippen LogP contribution is -2.05. The van der Waals surface area contributed by atoms with Crippen molar-refractivity contribution in [1.82, 2.24) is 0 Å². The molecule has 0 spiro atoms. The summed E-state index contributed by atoms with van der Waals surface area (Å²) in [5.41, 5.74) is 1.76. The summed E-state index contributed by atoms with van der Waals surface area (Å²) < 4.78 is 0. The number of nitrogens with zero attached hydrogens (tertiary/aromatic N) is 2. The summed E-state index contributed by atoms with van der Waals surface area (Å²) in [6.07, 6.45) is 0.914. The minimum absolute atomic E-state index is 0.0590. The molecule has 0 saturated heterocycles. The maximum atomic E-state index is 8.32. The highest BCUT2D eigenvalue weighted by Gasteiger charge is 2.05. The Labute approximate surface area is 52.6 Å². The molecule has 42 valence electrons. The Morgan fingerprint density at radius 3 is 3.12 bits per heavy atom. The van der Waals surface area contributed by atoms with Crippen LogP contribution in [0.2, 0.25) is 0 Å². The lowest BCUT2D eigenvalue weighted by molar-refractivity contribution is 0.805. The van der Waals surface area contributed by atoms with Gasteiger partial charge in [0.05, 0.1) is 11.6 Å². The molecule has 8 heavy (non-hydrogen) atoms. The topological polar surface area (TPSA) is 36.1 Å². The third-order valence-electron chi connectivity index (χ3n) is 0.973. The van der Waals surface area contributed by atoms with Crippen molar-refractivity contribution in [2.75, 3.05) is 5.75 Å². The zero-order valence-corrected chi connectivity index (χ0v) is 5.19. The van der Waals surface area contributed by atoms with E-state index in [9.17, 15) is 0 Å². The molecule has 1 heterocycles. The molecule has 0 radical (unpaired) electrons. The first-order valence-electron chi connectivity index (χ1n) is 2.46. The van der Waals surface area contributed by atoms with Crippen LogP contribution in [-0.2, 0) is 0 Å². The van der Waals surface area contributed by atoms with Gasteiger partial charge in [-0.05, 0) is 6.42 Å². The summed E-state index contributed by atoms with van der Waals surface area (Å²) in [6.45, 7) is 0. The van der Waals surface area contributed by atoms with E-state index in [4.69, 9.17) is 5.26 Å². The van der Waals surface area contributed by atoms with Crippen LogP contribution in [0.5, 0.6) is 0 Å². The van der Waals surface area contributed by atoms with E-state index in [1.807, 2.05) is 0 Å². The lowest BCUT2D eigenvalue weighted by atomic mass is 10.3. The third kappa shape index (κ3) is 1.24. The van der Waals surface area contributed by atoms with Crippen LogP contribution in [0.4, 0.5) is 0 Å². The van der Waals surface area contributed by atoms with Gasteiger partial charge in [0.1, 0.15) is 6.04 Å². The van der Waals surface area contributed by atoms with Crippen LogP contribution in [0.25, 0.3) is 0 Å². The van der Waals surface area contributed by atoms with Crippen LogP contribution in [0.1, 0.15) is 6.42 Å². The average Bonchev–Trinajstić information content (AvgIpc) is 1.90. The highest BCUT2D eigenvalue weighted by atomic mass is 32.2. The summed E-state index contributed by atoms with van der Waals surface area (Å²) in [6, 6.07) is 2.03. The summed E-state index contributed by atoms with van der Waals surface area (Å²) in [4.78, 5) is 3.92. The first-order chi connectivity index (χ1) is 3.93. The van der Waals surface area contributed by atoms with Gasteiger partial charge in [-0.15, -0.1) is 11.8 Å². The fourth-order valence-electron chi connectivity index (χ4n) is 0.521. The van der Waals surface area contributed by atoms with E-state index in [2.05, 4.69) is 11.1 Å². The molecule has 2 nitrogen and oxygen atoms in total. The molecule has 0 aliphatic carbocycles. The average molecular weight is 126 g/mol. The SMILES string of the molecule is N#CC1CCSC=N1. The van der Waals surface area contributed by atoms with Crippen LogP contribution in [0.15, 0.2) is 4.99 Å². The number of hydrogen-bond acceptors (Lipinski definition) is 3. The van der Waals surface area contributed by atoms with Crippen molar-refractivity contribution < 1.29 is 0 Å². The van der Waals surface area contributed by atoms with Gasteiger partial charge in [0.25, 0.3) is 0 Å². The maximum absolute atomic E-state index is 8.32. The van der Waals surface area contributed by atoms with E-state index >= 15 is 0 Å². The minimum Gasteiger partial charge on any atom is -0.268 e. The highest BCUT2D eigenvalue weighted by Crippen LogP contribution is 2.10. The zero-order valence-electron chi connectivity index (χ0n) is 4.37. The molecule has 0 saturated carbocycles. The van der Waals surface area contributed by atoms with Gasteiger partial charge >= 0.3 is 0 Å². The highest BCUT2D eigenvalue weighted by molar-refractivity contribution is 8.12. The molecule has 0 aromatic carbocycles. The van der Waals surface area contributed by atoms with Crippen molar-refractivity contribution in [3.8, 4) is 6.07 Å². The second-order valence-corrected chi connectivity index (χ2v) is 2.51. The molecule has 0 fully saturated rings. The van der Waals surface area contributed by atoms with Crippen LogP contribution < -0.4 is 0 Å². The standard InChI is InChI=1S/C5H6N2S/c6-3-5-1-2-8-4-7-5/h4-5H,1-2H2. The Bertz CT molecular complexity index is 136. The molecule has 1 aliphatic heterocycles. The van der Waals surface area contributed by atoms with E-state index < -0.39 is 0 Å². The molecular weight excluding hydrogens is 120 g/mol. The fourth-order valence-corrected chi connectivity index (χ4v) is 1.22. The summed E-state index contributed by atoms with van der Waals surface area (Å²) >= 11 is 1.67. The Balaban J connectivity index is 2.46. The molecule has 1 atom stereocenters. The fraction of sp³-hybridized carbons (Fsp3) is 0.600. The van der Waals surface area contributed by atoms with Crippen LogP contribution in [0, 0.1) is 11.3 Å². The van der Waals surface area contributed by atoms with E-state index in [0.29, 0.717) is 0 Å². The molecule has 3 heteroatoms. The van der Waals surface area contributed by atoms with Crippen molar-refractivity contribution in [3.05, 3.63) is 0 Å². The summed E-state index contributed by atoms with van der Waals surface area (Å²) in [7, 11) is 0.